The molecule has 1 aromatic carbocycles. The quantitative estimate of drug-likeness (QED) is 0.825. The number of benzene rings is 1. The lowest BCUT2D eigenvalue weighted by Gasteiger charge is -2.36. The Bertz CT molecular complexity index is 751. The van der Waals surface area contributed by atoms with E-state index in [9.17, 15) is 9.90 Å². The van der Waals surface area contributed by atoms with E-state index in [4.69, 9.17) is 10.2 Å². The first kappa shape index (κ1) is 17.4. The first-order valence-electron chi connectivity index (χ1n) is 7.58. The molecule has 0 spiro atoms. The van der Waals surface area contributed by atoms with Crippen LogP contribution in [-0.4, -0.2) is 24.4 Å². The number of aromatic carboxylic acids is 1. The van der Waals surface area contributed by atoms with Gasteiger partial charge in [0.25, 0.3) is 0 Å². The van der Waals surface area contributed by atoms with Gasteiger partial charge in [0.1, 0.15) is 5.82 Å². The average molecular weight is 332 g/mol. The summed E-state index contributed by atoms with van der Waals surface area (Å²) < 4.78 is 6.25. The number of carboxylic acid groups (broad SMARTS) is 1. The molecule has 1 aromatic heterocycles. The second-order valence-electron chi connectivity index (χ2n) is 7.29. The summed E-state index contributed by atoms with van der Waals surface area (Å²) in [7, 11) is -1.91. The van der Waals surface area contributed by atoms with Gasteiger partial charge < -0.3 is 15.3 Å². The highest BCUT2D eigenvalue weighted by Gasteiger charge is 2.37. The van der Waals surface area contributed by atoms with Crippen LogP contribution in [0.2, 0.25) is 18.1 Å². The standard InChI is InChI=1S/C17H24N2O3Si/c1-17(2,3)23(4,5)22-10-12-9-15(18)19-14-7-6-11(16(20)21)8-13(12)14/h6-9H,10H2,1-5H3,(H2,18,19)(H,20,21). The Kier molecular flexibility index (Phi) is 4.50. The molecule has 0 fully saturated rings. The van der Waals surface area contributed by atoms with E-state index in [2.05, 4.69) is 38.8 Å². The molecule has 3 N–H and O–H groups in total. The van der Waals surface area contributed by atoms with E-state index >= 15 is 0 Å². The Hall–Kier alpha value is -1.92. The molecular formula is C17H24N2O3Si. The monoisotopic (exact) mass is 332 g/mol. The summed E-state index contributed by atoms with van der Waals surface area (Å²) >= 11 is 0. The van der Waals surface area contributed by atoms with Gasteiger partial charge in [-0.2, -0.15) is 0 Å². The second-order valence-corrected chi connectivity index (χ2v) is 12.1. The third-order valence-electron chi connectivity index (χ3n) is 4.56. The Morgan fingerprint density at radius 2 is 1.96 bits per heavy atom. The molecule has 124 valence electrons. The molecule has 0 saturated heterocycles. The summed E-state index contributed by atoms with van der Waals surface area (Å²) in [5, 5.41) is 10.1. The van der Waals surface area contributed by atoms with Crippen molar-refractivity contribution in [3.05, 3.63) is 35.4 Å². The molecule has 2 aromatic rings. The van der Waals surface area contributed by atoms with Crippen LogP contribution in [0.1, 0.15) is 36.7 Å². The number of nitrogen functional groups attached to an aromatic ring is 1. The third-order valence-corrected chi connectivity index (χ3v) is 9.03. The van der Waals surface area contributed by atoms with E-state index in [1.54, 1.807) is 18.2 Å². The molecule has 0 saturated carbocycles. The van der Waals surface area contributed by atoms with Crippen LogP contribution in [0, 0.1) is 0 Å². The number of aromatic nitrogens is 1. The van der Waals surface area contributed by atoms with Crippen LogP contribution in [0.4, 0.5) is 5.82 Å². The average Bonchev–Trinajstić information content (AvgIpc) is 2.42. The minimum absolute atomic E-state index is 0.105. The van der Waals surface area contributed by atoms with Crippen molar-refractivity contribution in [1.29, 1.82) is 0 Å². The predicted octanol–water partition coefficient (Wildman–Crippen LogP) is 4.04. The van der Waals surface area contributed by atoms with Crippen LogP contribution in [0.5, 0.6) is 0 Å². The highest BCUT2D eigenvalue weighted by atomic mass is 28.4. The smallest absolute Gasteiger partial charge is 0.335 e. The topological polar surface area (TPSA) is 85.4 Å². The van der Waals surface area contributed by atoms with Crippen LogP contribution in [0.15, 0.2) is 24.3 Å². The fourth-order valence-corrected chi connectivity index (χ4v) is 2.99. The molecule has 0 aliphatic rings. The molecule has 6 heteroatoms. The third kappa shape index (κ3) is 3.71. The van der Waals surface area contributed by atoms with Crippen molar-refractivity contribution in [2.75, 3.05) is 5.73 Å². The van der Waals surface area contributed by atoms with E-state index in [-0.39, 0.29) is 10.6 Å². The molecule has 5 nitrogen and oxygen atoms in total. The van der Waals surface area contributed by atoms with Crippen molar-refractivity contribution in [2.45, 2.75) is 45.5 Å². The number of fused-ring (bicyclic) bond motifs is 1. The minimum Gasteiger partial charge on any atom is -0.478 e. The van der Waals surface area contributed by atoms with Gasteiger partial charge in [-0.1, -0.05) is 20.8 Å². The van der Waals surface area contributed by atoms with Crippen LogP contribution in [0.3, 0.4) is 0 Å². The first-order chi connectivity index (χ1) is 10.5. The van der Waals surface area contributed by atoms with Gasteiger partial charge in [0.05, 0.1) is 17.7 Å². The van der Waals surface area contributed by atoms with E-state index in [0.717, 1.165) is 10.9 Å². The molecule has 23 heavy (non-hydrogen) atoms. The molecule has 2 rings (SSSR count). The van der Waals surface area contributed by atoms with Gasteiger partial charge in [-0.05, 0) is 48.0 Å². The van der Waals surface area contributed by atoms with Gasteiger partial charge in [-0.15, -0.1) is 0 Å². The fraction of sp³-hybridized carbons (Fsp3) is 0.412. The Morgan fingerprint density at radius 3 is 2.52 bits per heavy atom. The van der Waals surface area contributed by atoms with Gasteiger partial charge in [0.2, 0.25) is 0 Å². The number of pyridine rings is 1. The van der Waals surface area contributed by atoms with E-state index in [0.29, 0.717) is 17.9 Å². The lowest BCUT2D eigenvalue weighted by Crippen LogP contribution is -2.40. The summed E-state index contributed by atoms with van der Waals surface area (Å²) in [6.45, 7) is 11.3. The van der Waals surface area contributed by atoms with Gasteiger partial charge in [-0.3, -0.25) is 0 Å². The maximum atomic E-state index is 11.2. The zero-order chi connectivity index (χ0) is 17.4. The lowest BCUT2D eigenvalue weighted by molar-refractivity contribution is 0.0697. The number of anilines is 1. The van der Waals surface area contributed by atoms with Crippen molar-refractivity contribution in [2.24, 2.45) is 0 Å². The number of nitrogens with two attached hydrogens (primary N) is 1. The molecular weight excluding hydrogens is 308 g/mol. The number of hydrogen-bond acceptors (Lipinski definition) is 4. The highest BCUT2D eigenvalue weighted by Crippen LogP contribution is 2.37. The first-order valence-corrected chi connectivity index (χ1v) is 10.5. The van der Waals surface area contributed by atoms with Crippen molar-refractivity contribution < 1.29 is 14.3 Å². The Balaban J connectivity index is 2.43. The van der Waals surface area contributed by atoms with E-state index < -0.39 is 14.3 Å². The van der Waals surface area contributed by atoms with Crippen LogP contribution in [0.25, 0.3) is 10.9 Å². The maximum absolute atomic E-state index is 11.2. The van der Waals surface area contributed by atoms with Crippen molar-refractivity contribution in [3.8, 4) is 0 Å². The minimum atomic E-state index is -1.91. The SMILES string of the molecule is CC(C)(C)[Si](C)(C)OCc1cc(N)nc2ccc(C(=O)O)cc12. The summed E-state index contributed by atoms with van der Waals surface area (Å²) in [4.78, 5) is 15.5. The number of hydrogen-bond donors (Lipinski definition) is 2. The van der Waals surface area contributed by atoms with Gasteiger partial charge >= 0.3 is 5.97 Å². The summed E-state index contributed by atoms with van der Waals surface area (Å²) in [6, 6.07) is 6.62. The maximum Gasteiger partial charge on any atom is 0.335 e. The van der Waals surface area contributed by atoms with Crippen LogP contribution in [-0.2, 0) is 11.0 Å². The number of nitrogens with zero attached hydrogens (tertiary/aromatic N) is 1. The zero-order valence-corrected chi connectivity index (χ0v) is 15.3. The van der Waals surface area contributed by atoms with Crippen LogP contribution < -0.4 is 5.73 Å². The molecule has 0 aliphatic carbocycles. The predicted molar refractivity (Wildman–Crippen MR) is 95.1 cm³/mol. The molecule has 0 atom stereocenters. The van der Waals surface area contributed by atoms with Crippen LogP contribution >= 0.6 is 0 Å². The molecule has 0 amide bonds. The lowest BCUT2D eigenvalue weighted by atomic mass is 10.1. The summed E-state index contributed by atoms with van der Waals surface area (Å²) in [5.74, 6) is -0.547. The highest BCUT2D eigenvalue weighted by molar-refractivity contribution is 6.74. The van der Waals surface area contributed by atoms with Gasteiger partial charge in [0, 0.05) is 5.39 Å². The van der Waals surface area contributed by atoms with Gasteiger partial charge in [-0.25, -0.2) is 9.78 Å². The number of rotatable bonds is 4. The molecule has 0 radical (unpaired) electrons. The second kappa shape index (κ2) is 5.94. The molecule has 0 bridgehead atoms. The molecule has 1 heterocycles. The molecule has 0 unspecified atom stereocenters. The van der Waals surface area contributed by atoms with E-state index in [1.165, 1.54) is 6.07 Å². The number of carboxylic acids is 1. The Labute approximate surface area is 137 Å². The normalized spacial score (nSPS) is 12.6. The van der Waals surface area contributed by atoms with Crippen molar-refractivity contribution in [1.82, 2.24) is 4.98 Å². The zero-order valence-electron chi connectivity index (χ0n) is 14.3. The Morgan fingerprint density at radius 1 is 1.30 bits per heavy atom. The fourth-order valence-electron chi connectivity index (χ4n) is 2.05. The van der Waals surface area contributed by atoms with Crippen molar-refractivity contribution in [3.63, 3.8) is 0 Å². The van der Waals surface area contributed by atoms with Gasteiger partial charge in [0.15, 0.2) is 8.32 Å². The van der Waals surface area contributed by atoms with Crippen molar-refractivity contribution >= 4 is 31.0 Å². The van der Waals surface area contributed by atoms with E-state index in [1.807, 2.05) is 0 Å². The summed E-state index contributed by atoms with van der Waals surface area (Å²) in [5.41, 5.74) is 7.67. The molecule has 0 aliphatic heterocycles. The largest absolute Gasteiger partial charge is 0.478 e. The number of carbonyl (C=O) groups is 1. The summed E-state index contributed by atoms with van der Waals surface area (Å²) in [6.07, 6.45) is 0.